The molecule has 0 aliphatic rings. The molecule has 15 heavy (non-hydrogen) atoms. The number of methoxy groups -OCH3 is 1. The van der Waals surface area contributed by atoms with Gasteiger partial charge < -0.3 is 10.1 Å². The van der Waals surface area contributed by atoms with Crippen molar-refractivity contribution in [2.45, 2.75) is 26.5 Å². The molecule has 1 aromatic heterocycles. The summed E-state index contributed by atoms with van der Waals surface area (Å²) in [7, 11) is 3.59. The number of ether oxygens (including phenoxy) is 1. The number of rotatable bonds is 5. The molecule has 4 nitrogen and oxygen atoms in total. The zero-order valence-electron chi connectivity index (χ0n) is 9.82. The summed E-state index contributed by atoms with van der Waals surface area (Å²) in [5, 5.41) is 3.06. The monoisotopic (exact) mass is 209 g/mol. The third kappa shape index (κ3) is 3.25. The summed E-state index contributed by atoms with van der Waals surface area (Å²) in [6.07, 6.45) is 3.66. The quantitative estimate of drug-likeness (QED) is 0.799. The SMILES string of the molecule is CNCc1cnc(C(OC)C(C)C)nc1. The Morgan fingerprint density at radius 1 is 1.33 bits per heavy atom. The van der Waals surface area contributed by atoms with Crippen molar-refractivity contribution in [3.05, 3.63) is 23.8 Å². The molecule has 4 heteroatoms. The van der Waals surface area contributed by atoms with Crippen molar-refractivity contribution in [1.82, 2.24) is 15.3 Å². The van der Waals surface area contributed by atoms with Crippen LogP contribution in [0.25, 0.3) is 0 Å². The van der Waals surface area contributed by atoms with Gasteiger partial charge in [0.05, 0.1) is 0 Å². The maximum atomic E-state index is 5.36. The van der Waals surface area contributed by atoms with Gasteiger partial charge in [0.15, 0.2) is 5.82 Å². The average Bonchev–Trinajstić information content (AvgIpc) is 2.21. The van der Waals surface area contributed by atoms with Crippen LogP contribution >= 0.6 is 0 Å². The summed E-state index contributed by atoms with van der Waals surface area (Å²) in [6, 6.07) is 0. The van der Waals surface area contributed by atoms with E-state index in [0.29, 0.717) is 5.92 Å². The van der Waals surface area contributed by atoms with E-state index in [1.807, 2.05) is 19.4 Å². The van der Waals surface area contributed by atoms with E-state index in [1.54, 1.807) is 7.11 Å². The number of nitrogens with zero attached hydrogens (tertiary/aromatic N) is 2. The largest absolute Gasteiger partial charge is 0.373 e. The van der Waals surface area contributed by atoms with Crippen LogP contribution in [-0.2, 0) is 11.3 Å². The zero-order valence-corrected chi connectivity index (χ0v) is 9.82. The molecular weight excluding hydrogens is 190 g/mol. The maximum absolute atomic E-state index is 5.36. The predicted molar refractivity (Wildman–Crippen MR) is 59.4 cm³/mol. The smallest absolute Gasteiger partial charge is 0.157 e. The molecule has 0 saturated carbocycles. The molecule has 0 aromatic carbocycles. The van der Waals surface area contributed by atoms with Crippen LogP contribution in [0.1, 0.15) is 31.3 Å². The van der Waals surface area contributed by atoms with Gasteiger partial charge in [0.2, 0.25) is 0 Å². The van der Waals surface area contributed by atoms with Gasteiger partial charge in [0.25, 0.3) is 0 Å². The summed E-state index contributed by atoms with van der Waals surface area (Å²) >= 11 is 0. The van der Waals surface area contributed by atoms with Gasteiger partial charge in [-0.15, -0.1) is 0 Å². The first-order valence-electron chi connectivity index (χ1n) is 5.17. The van der Waals surface area contributed by atoms with Gasteiger partial charge >= 0.3 is 0 Å². The lowest BCUT2D eigenvalue weighted by molar-refractivity contribution is 0.0574. The first-order valence-corrected chi connectivity index (χ1v) is 5.17. The van der Waals surface area contributed by atoms with Crippen molar-refractivity contribution in [3.63, 3.8) is 0 Å². The molecule has 0 saturated heterocycles. The third-order valence-electron chi connectivity index (χ3n) is 2.22. The summed E-state index contributed by atoms with van der Waals surface area (Å²) in [6.45, 7) is 4.98. The lowest BCUT2D eigenvalue weighted by atomic mass is 10.1. The molecule has 0 radical (unpaired) electrons. The van der Waals surface area contributed by atoms with Crippen molar-refractivity contribution in [2.75, 3.05) is 14.2 Å². The second kappa shape index (κ2) is 5.78. The second-order valence-corrected chi connectivity index (χ2v) is 3.88. The minimum Gasteiger partial charge on any atom is -0.373 e. The van der Waals surface area contributed by atoms with E-state index in [4.69, 9.17) is 4.74 Å². The fourth-order valence-electron chi connectivity index (χ4n) is 1.48. The van der Waals surface area contributed by atoms with Crippen LogP contribution in [0.15, 0.2) is 12.4 Å². The third-order valence-corrected chi connectivity index (χ3v) is 2.22. The second-order valence-electron chi connectivity index (χ2n) is 3.88. The molecule has 0 bridgehead atoms. The Balaban J connectivity index is 2.77. The molecule has 0 amide bonds. The summed E-state index contributed by atoms with van der Waals surface area (Å²) < 4.78 is 5.36. The lowest BCUT2D eigenvalue weighted by Crippen LogP contribution is -2.14. The van der Waals surface area contributed by atoms with Crippen LogP contribution < -0.4 is 5.32 Å². The highest BCUT2D eigenvalue weighted by molar-refractivity contribution is 5.06. The number of hydrogen-bond acceptors (Lipinski definition) is 4. The van der Waals surface area contributed by atoms with Gasteiger partial charge in [-0.05, 0) is 13.0 Å². The van der Waals surface area contributed by atoms with Gasteiger partial charge in [0.1, 0.15) is 6.10 Å². The molecule has 0 aliphatic carbocycles. The molecule has 84 valence electrons. The standard InChI is InChI=1S/C11H19N3O/c1-8(2)10(15-4)11-13-6-9(5-12-3)7-14-11/h6-8,10,12H,5H2,1-4H3. The molecule has 1 atom stereocenters. The van der Waals surface area contributed by atoms with E-state index in [0.717, 1.165) is 17.9 Å². The van der Waals surface area contributed by atoms with Crippen molar-refractivity contribution in [1.29, 1.82) is 0 Å². The van der Waals surface area contributed by atoms with Crippen LogP contribution in [0.5, 0.6) is 0 Å². The van der Waals surface area contributed by atoms with Gasteiger partial charge in [-0.25, -0.2) is 9.97 Å². The summed E-state index contributed by atoms with van der Waals surface area (Å²) in [5.41, 5.74) is 1.08. The van der Waals surface area contributed by atoms with Crippen molar-refractivity contribution in [3.8, 4) is 0 Å². The molecule has 1 unspecified atom stereocenters. The van der Waals surface area contributed by atoms with Gasteiger partial charge in [0, 0.05) is 31.6 Å². The molecule has 0 spiro atoms. The fraction of sp³-hybridized carbons (Fsp3) is 0.636. The Bertz CT molecular complexity index is 284. The van der Waals surface area contributed by atoms with E-state index in [2.05, 4.69) is 29.1 Å². The van der Waals surface area contributed by atoms with E-state index < -0.39 is 0 Å². The highest BCUT2D eigenvalue weighted by Gasteiger charge is 2.17. The van der Waals surface area contributed by atoms with E-state index >= 15 is 0 Å². The normalized spacial score (nSPS) is 13.1. The van der Waals surface area contributed by atoms with E-state index in [9.17, 15) is 0 Å². The summed E-state index contributed by atoms with van der Waals surface area (Å²) in [4.78, 5) is 8.63. The number of hydrogen-bond donors (Lipinski definition) is 1. The Labute approximate surface area is 91.1 Å². The van der Waals surface area contributed by atoms with Crippen LogP contribution in [0.4, 0.5) is 0 Å². The minimum atomic E-state index is -0.0198. The minimum absolute atomic E-state index is 0.0198. The highest BCUT2D eigenvalue weighted by Crippen LogP contribution is 2.21. The van der Waals surface area contributed by atoms with Gasteiger partial charge in [-0.1, -0.05) is 13.8 Å². The van der Waals surface area contributed by atoms with Crippen molar-refractivity contribution >= 4 is 0 Å². The molecular formula is C11H19N3O. The van der Waals surface area contributed by atoms with Crippen LogP contribution in [-0.4, -0.2) is 24.1 Å². The lowest BCUT2D eigenvalue weighted by Gasteiger charge is -2.17. The fourth-order valence-corrected chi connectivity index (χ4v) is 1.48. The van der Waals surface area contributed by atoms with Gasteiger partial charge in [-0.2, -0.15) is 0 Å². The molecule has 1 heterocycles. The van der Waals surface area contributed by atoms with Crippen LogP contribution in [0, 0.1) is 5.92 Å². The number of aromatic nitrogens is 2. The molecule has 1 aromatic rings. The Morgan fingerprint density at radius 3 is 2.33 bits per heavy atom. The molecule has 1 N–H and O–H groups in total. The zero-order chi connectivity index (χ0) is 11.3. The van der Waals surface area contributed by atoms with Crippen LogP contribution in [0.3, 0.4) is 0 Å². The van der Waals surface area contributed by atoms with Crippen molar-refractivity contribution in [2.24, 2.45) is 5.92 Å². The average molecular weight is 209 g/mol. The first-order chi connectivity index (χ1) is 7.19. The first kappa shape index (κ1) is 12.1. The Hall–Kier alpha value is -1.00. The van der Waals surface area contributed by atoms with Gasteiger partial charge in [-0.3, -0.25) is 0 Å². The highest BCUT2D eigenvalue weighted by atomic mass is 16.5. The Morgan fingerprint density at radius 2 is 1.93 bits per heavy atom. The molecule has 0 aliphatic heterocycles. The maximum Gasteiger partial charge on any atom is 0.157 e. The number of nitrogens with one attached hydrogen (secondary N) is 1. The van der Waals surface area contributed by atoms with Crippen LogP contribution in [0.2, 0.25) is 0 Å². The molecule has 1 rings (SSSR count). The summed E-state index contributed by atoms with van der Waals surface area (Å²) in [5.74, 6) is 1.14. The predicted octanol–water partition coefficient (Wildman–Crippen LogP) is 1.54. The Kier molecular flexibility index (Phi) is 4.65. The van der Waals surface area contributed by atoms with E-state index in [1.165, 1.54) is 0 Å². The van der Waals surface area contributed by atoms with E-state index in [-0.39, 0.29) is 6.10 Å². The van der Waals surface area contributed by atoms with Crippen molar-refractivity contribution < 1.29 is 4.74 Å². The topological polar surface area (TPSA) is 47.0 Å². The molecule has 0 fully saturated rings.